The average Bonchev–Trinajstić information content (AvgIpc) is 2.40. The third kappa shape index (κ3) is 3.68. The van der Waals surface area contributed by atoms with Gasteiger partial charge >= 0.3 is 0 Å². The van der Waals surface area contributed by atoms with Gasteiger partial charge in [-0.1, -0.05) is 26.2 Å². The van der Waals surface area contributed by atoms with Crippen molar-refractivity contribution in [3.63, 3.8) is 0 Å². The summed E-state index contributed by atoms with van der Waals surface area (Å²) in [5.41, 5.74) is 5.45. The largest absolute Gasteiger partial charge is 0.329 e. The maximum Gasteiger partial charge on any atom is 0.279 e. The van der Waals surface area contributed by atoms with Crippen molar-refractivity contribution < 1.29 is 8.42 Å². The van der Waals surface area contributed by atoms with Crippen LogP contribution in [-0.2, 0) is 10.2 Å². The normalized spacial score (nSPS) is 26.4. The molecule has 1 saturated heterocycles. The summed E-state index contributed by atoms with van der Waals surface area (Å²) in [4.78, 5) is 0. The summed E-state index contributed by atoms with van der Waals surface area (Å²) in [6.07, 6.45) is 6.96. The maximum atomic E-state index is 12.5. The van der Waals surface area contributed by atoms with E-state index in [-0.39, 0.29) is 0 Å². The molecule has 0 unspecified atom stereocenters. The Kier molecular flexibility index (Phi) is 4.87. The first kappa shape index (κ1) is 15.2. The first-order valence-corrected chi connectivity index (χ1v) is 8.91. The molecule has 3 N–H and O–H groups in total. The predicted molar refractivity (Wildman–Crippen MR) is 76.9 cm³/mol. The average molecular weight is 289 g/mol. The van der Waals surface area contributed by atoms with Crippen LogP contribution in [0.5, 0.6) is 0 Å². The Labute approximate surface area is 117 Å². The Morgan fingerprint density at radius 2 is 1.79 bits per heavy atom. The first-order chi connectivity index (χ1) is 8.97. The summed E-state index contributed by atoms with van der Waals surface area (Å²) in [6.45, 7) is 3.85. The molecule has 0 atom stereocenters. The molecule has 1 aliphatic carbocycles. The monoisotopic (exact) mass is 289 g/mol. The minimum absolute atomic E-state index is 0.399. The van der Waals surface area contributed by atoms with Gasteiger partial charge < -0.3 is 5.73 Å². The number of piperidine rings is 1. The molecular weight excluding hydrogens is 262 g/mol. The molecule has 5 nitrogen and oxygen atoms in total. The third-order valence-corrected chi connectivity index (χ3v) is 6.37. The summed E-state index contributed by atoms with van der Waals surface area (Å²) >= 11 is 0. The van der Waals surface area contributed by atoms with Crippen molar-refractivity contribution in [2.24, 2.45) is 11.7 Å². The molecule has 112 valence electrons. The van der Waals surface area contributed by atoms with E-state index in [1.807, 2.05) is 0 Å². The summed E-state index contributed by atoms with van der Waals surface area (Å²) in [5.74, 6) is 0.629. The fourth-order valence-corrected chi connectivity index (χ4v) is 4.80. The lowest BCUT2D eigenvalue weighted by molar-refractivity contribution is 0.250. The quantitative estimate of drug-likeness (QED) is 0.817. The lowest BCUT2D eigenvalue weighted by Crippen LogP contribution is -2.58. The van der Waals surface area contributed by atoms with Gasteiger partial charge in [0.15, 0.2) is 0 Å². The van der Waals surface area contributed by atoms with Crippen molar-refractivity contribution in [3.05, 3.63) is 0 Å². The zero-order chi connectivity index (χ0) is 13.9. The predicted octanol–water partition coefficient (Wildman–Crippen LogP) is 1.21. The number of nitrogens with one attached hydrogen (secondary N) is 1. The summed E-state index contributed by atoms with van der Waals surface area (Å²) in [5, 5.41) is 0. The molecule has 19 heavy (non-hydrogen) atoms. The molecule has 0 aromatic carbocycles. The van der Waals surface area contributed by atoms with E-state index in [2.05, 4.69) is 11.6 Å². The van der Waals surface area contributed by atoms with E-state index in [4.69, 9.17) is 5.73 Å². The zero-order valence-electron chi connectivity index (χ0n) is 11.9. The van der Waals surface area contributed by atoms with E-state index >= 15 is 0 Å². The van der Waals surface area contributed by atoms with Gasteiger partial charge in [0.05, 0.1) is 0 Å². The highest BCUT2D eigenvalue weighted by Crippen LogP contribution is 2.29. The van der Waals surface area contributed by atoms with Gasteiger partial charge in [-0.2, -0.15) is 17.4 Å². The van der Waals surface area contributed by atoms with E-state index in [9.17, 15) is 8.42 Å². The van der Waals surface area contributed by atoms with Gasteiger partial charge in [0, 0.05) is 25.2 Å². The second-order valence-corrected chi connectivity index (χ2v) is 7.90. The molecule has 2 fully saturated rings. The number of rotatable bonds is 4. The molecule has 2 aliphatic rings. The molecule has 1 saturated carbocycles. The molecule has 1 aliphatic heterocycles. The molecular formula is C13H27N3O2S. The Hall–Kier alpha value is -0.170. The first-order valence-electron chi connectivity index (χ1n) is 7.47. The van der Waals surface area contributed by atoms with Crippen molar-refractivity contribution in [1.82, 2.24) is 9.03 Å². The lowest BCUT2D eigenvalue weighted by Gasteiger charge is -2.39. The van der Waals surface area contributed by atoms with Crippen LogP contribution < -0.4 is 10.5 Å². The lowest BCUT2D eigenvalue weighted by atomic mass is 9.83. The Bertz CT molecular complexity index is 383. The van der Waals surface area contributed by atoms with Gasteiger partial charge in [-0.3, -0.25) is 0 Å². The highest BCUT2D eigenvalue weighted by molar-refractivity contribution is 7.87. The highest BCUT2D eigenvalue weighted by Gasteiger charge is 2.37. The summed E-state index contributed by atoms with van der Waals surface area (Å²) < 4.78 is 29.5. The van der Waals surface area contributed by atoms with Crippen molar-refractivity contribution in [2.75, 3.05) is 19.6 Å². The van der Waals surface area contributed by atoms with Gasteiger partial charge in [-0.05, 0) is 31.6 Å². The number of nitrogens with zero attached hydrogens (tertiary/aromatic N) is 1. The van der Waals surface area contributed by atoms with Crippen LogP contribution in [-0.4, -0.2) is 37.9 Å². The van der Waals surface area contributed by atoms with Crippen LogP contribution in [0.3, 0.4) is 0 Å². The van der Waals surface area contributed by atoms with E-state index in [0.29, 0.717) is 25.6 Å². The van der Waals surface area contributed by atoms with Crippen LogP contribution in [0.25, 0.3) is 0 Å². The van der Waals surface area contributed by atoms with Gasteiger partial charge in [0.1, 0.15) is 0 Å². The molecule has 2 rings (SSSR count). The number of hydrogen-bond acceptors (Lipinski definition) is 3. The summed E-state index contributed by atoms with van der Waals surface area (Å²) in [6, 6.07) is 0. The molecule has 0 spiro atoms. The van der Waals surface area contributed by atoms with Crippen LogP contribution in [0.4, 0.5) is 0 Å². The van der Waals surface area contributed by atoms with E-state index in [1.54, 1.807) is 4.31 Å². The van der Waals surface area contributed by atoms with Gasteiger partial charge in [0.2, 0.25) is 0 Å². The number of nitrogens with two attached hydrogens (primary N) is 1. The second-order valence-electron chi connectivity index (χ2n) is 6.23. The Morgan fingerprint density at radius 1 is 1.21 bits per heavy atom. The van der Waals surface area contributed by atoms with Crippen LogP contribution in [0, 0.1) is 5.92 Å². The minimum atomic E-state index is -3.37. The smallest absolute Gasteiger partial charge is 0.279 e. The van der Waals surface area contributed by atoms with Crippen molar-refractivity contribution >= 4 is 10.2 Å². The number of hydrogen-bond donors (Lipinski definition) is 2. The van der Waals surface area contributed by atoms with E-state index in [1.165, 1.54) is 6.42 Å². The van der Waals surface area contributed by atoms with Gasteiger partial charge in [-0.25, -0.2) is 0 Å². The Morgan fingerprint density at radius 3 is 2.32 bits per heavy atom. The van der Waals surface area contributed by atoms with Gasteiger partial charge in [0.25, 0.3) is 10.2 Å². The molecule has 6 heteroatoms. The van der Waals surface area contributed by atoms with Crippen molar-refractivity contribution in [2.45, 2.75) is 57.4 Å². The molecule has 0 bridgehead atoms. The second kappa shape index (κ2) is 6.08. The van der Waals surface area contributed by atoms with E-state index < -0.39 is 15.7 Å². The topological polar surface area (TPSA) is 75.4 Å². The maximum absolute atomic E-state index is 12.5. The molecule has 0 radical (unpaired) electrons. The third-order valence-electron chi connectivity index (χ3n) is 4.63. The van der Waals surface area contributed by atoms with Crippen LogP contribution in [0.2, 0.25) is 0 Å². The van der Waals surface area contributed by atoms with Crippen molar-refractivity contribution in [3.8, 4) is 0 Å². The van der Waals surface area contributed by atoms with Crippen LogP contribution >= 0.6 is 0 Å². The SMILES string of the molecule is CC1CCN(S(=O)(=O)NC2(CN)CCCCC2)CC1. The van der Waals surface area contributed by atoms with Crippen LogP contribution in [0.1, 0.15) is 51.9 Å². The fourth-order valence-electron chi connectivity index (χ4n) is 3.14. The highest BCUT2D eigenvalue weighted by atomic mass is 32.2. The van der Waals surface area contributed by atoms with Crippen LogP contribution in [0.15, 0.2) is 0 Å². The minimum Gasteiger partial charge on any atom is -0.329 e. The fraction of sp³-hybridized carbons (Fsp3) is 1.00. The standard InChI is InChI=1S/C13H27N3O2S/c1-12-5-9-16(10-6-12)19(17,18)15-13(11-14)7-3-2-4-8-13/h12,15H,2-11,14H2,1H3. The Balaban J connectivity index is 2.03. The van der Waals surface area contributed by atoms with E-state index in [0.717, 1.165) is 38.5 Å². The summed E-state index contributed by atoms with van der Waals surface area (Å²) in [7, 11) is -3.37. The molecule has 0 aromatic heterocycles. The van der Waals surface area contributed by atoms with Gasteiger partial charge in [-0.15, -0.1) is 0 Å². The molecule has 0 amide bonds. The molecule has 1 heterocycles. The molecule has 0 aromatic rings. The zero-order valence-corrected chi connectivity index (χ0v) is 12.7. The van der Waals surface area contributed by atoms with Crippen molar-refractivity contribution in [1.29, 1.82) is 0 Å².